The third-order valence-electron chi connectivity index (χ3n) is 1.98. The molecule has 0 heterocycles. The Hall–Kier alpha value is -1.43. The van der Waals surface area contributed by atoms with Crippen molar-refractivity contribution in [2.24, 2.45) is 0 Å². The van der Waals surface area contributed by atoms with E-state index in [-0.39, 0.29) is 5.69 Å². The number of allylic oxidation sites excluding steroid dienone is 1. The van der Waals surface area contributed by atoms with Crippen molar-refractivity contribution in [3.8, 4) is 0 Å². The first kappa shape index (κ1) is 19.6. The zero-order valence-corrected chi connectivity index (χ0v) is 13.4. The Balaban J connectivity index is 0.000000486. The van der Waals surface area contributed by atoms with Gasteiger partial charge in [-0.05, 0) is 60.8 Å². The molecule has 0 aliphatic carbocycles. The maximum atomic E-state index is 10.4. The number of hydrogen-bond donors (Lipinski definition) is 0. The van der Waals surface area contributed by atoms with Gasteiger partial charge in [-0.25, -0.2) is 0 Å². The first-order valence-corrected chi connectivity index (χ1v) is 6.68. The van der Waals surface area contributed by atoms with Crippen LogP contribution in [0.25, 0.3) is 6.08 Å². The number of rotatable bonds is 4. The van der Waals surface area contributed by atoms with Crippen molar-refractivity contribution in [1.82, 2.24) is 0 Å². The van der Waals surface area contributed by atoms with Crippen LogP contribution in [0.15, 0.2) is 30.3 Å². The summed E-state index contributed by atoms with van der Waals surface area (Å²) in [5, 5.41) is 9.19. The van der Waals surface area contributed by atoms with Gasteiger partial charge in [0.1, 0.15) is 4.87 Å². The highest BCUT2D eigenvalue weighted by Gasteiger charge is 2.20. The molecule has 0 fully saturated rings. The molecule has 0 atom stereocenters. The quantitative estimate of drug-likeness (QED) is 0.268. The minimum atomic E-state index is -0.901. The predicted octanol–water partition coefficient (Wildman–Crippen LogP) is 4.14. The molecular formula is C13H12Cl3NO4. The van der Waals surface area contributed by atoms with Crippen molar-refractivity contribution in [2.75, 3.05) is 0 Å². The number of nitrogens with zero attached hydrogens (tertiary/aromatic N) is 1. The summed E-state index contributed by atoms with van der Waals surface area (Å²) < 4.78 is 0. The normalized spacial score (nSPS) is 10.7. The second-order valence-electron chi connectivity index (χ2n) is 4.23. The van der Waals surface area contributed by atoms with E-state index in [9.17, 15) is 19.7 Å². The van der Waals surface area contributed by atoms with Gasteiger partial charge in [-0.15, -0.1) is 11.6 Å². The van der Waals surface area contributed by atoms with Crippen LogP contribution in [0.4, 0.5) is 5.69 Å². The minimum Gasteiger partial charge on any atom is -0.279 e. The fourth-order valence-electron chi connectivity index (χ4n) is 0.869. The van der Waals surface area contributed by atoms with Crippen molar-refractivity contribution < 1.29 is 14.5 Å². The summed E-state index contributed by atoms with van der Waals surface area (Å²) in [6, 6.07) is 5.79. The van der Waals surface area contributed by atoms with Crippen LogP contribution in [0.1, 0.15) is 19.4 Å². The van der Waals surface area contributed by atoms with Gasteiger partial charge in [0.2, 0.25) is 10.5 Å². The summed E-state index contributed by atoms with van der Waals surface area (Å²) in [6.07, 6.45) is 2.67. The topological polar surface area (TPSA) is 77.3 Å². The molecule has 5 nitrogen and oxygen atoms in total. The molecule has 0 amide bonds. The molecular weight excluding hydrogens is 341 g/mol. The zero-order valence-electron chi connectivity index (χ0n) is 11.2. The molecule has 0 saturated carbocycles. The summed E-state index contributed by atoms with van der Waals surface area (Å²) in [4.78, 5) is 29.4. The summed E-state index contributed by atoms with van der Waals surface area (Å²) in [6.45, 7) is 3.09. The highest BCUT2D eigenvalue weighted by molar-refractivity contribution is 6.70. The molecule has 1 aromatic carbocycles. The standard InChI is InChI=1S/C9H6ClNO3.C4H6Cl2O/c10-9(12)6-3-7-1-4-8(5-2-7)11(13)14;1-4(2,6)3(5)7/h1-6H;1-2H3/b6-3+;. The van der Waals surface area contributed by atoms with E-state index in [1.807, 2.05) is 0 Å². The Morgan fingerprint density at radius 2 is 1.62 bits per heavy atom. The van der Waals surface area contributed by atoms with Crippen LogP contribution in [-0.2, 0) is 9.59 Å². The van der Waals surface area contributed by atoms with Crippen LogP contribution >= 0.6 is 34.8 Å². The molecule has 0 aliphatic heterocycles. The second kappa shape index (κ2) is 8.77. The molecule has 8 heteroatoms. The van der Waals surface area contributed by atoms with Gasteiger partial charge in [0.05, 0.1) is 4.92 Å². The molecule has 0 bridgehead atoms. The van der Waals surface area contributed by atoms with E-state index in [4.69, 9.17) is 34.8 Å². The lowest BCUT2D eigenvalue weighted by molar-refractivity contribution is -0.384. The molecule has 1 rings (SSSR count). The SMILES string of the molecule is CC(C)(Cl)C(=O)Cl.O=C(Cl)/C=C/c1ccc([N+](=O)[O-])cc1. The Labute approximate surface area is 136 Å². The van der Waals surface area contributed by atoms with Crippen molar-refractivity contribution >= 4 is 57.1 Å². The third-order valence-corrected chi connectivity index (χ3v) is 2.84. The molecule has 1 aromatic rings. The molecule has 0 spiro atoms. The minimum absolute atomic E-state index is 0.0133. The van der Waals surface area contributed by atoms with Gasteiger partial charge in [-0.1, -0.05) is 6.08 Å². The van der Waals surface area contributed by atoms with E-state index in [1.54, 1.807) is 13.8 Å². The molecule has 0 unspecified atom stereocenters. The van der Waals surface area contributed by atoms with E-state index >= 15 is 0 Å². The number of carbonyl (C=O) groups is 2. The highest BCUT2D eigenvalue weighted by atomic mass is 35.5. The van der Waals surface area contributed by atoms with Crippen LogP contribution in [0, 0.1) is 10.1 Å². The van der Waals surface area contributed by atoms with Crippen LogP contribution in [0.2, 0.25) is 0 Å². The van der Waals surface area contributed by atoms with Gasteiger partial charge < -0.3 is 0 Å². The van der Waals surface area contributed by atoms with Crippen LogP contribution in [0.3, 0.4) is 0 Å². The number of benzene rings is 1. The molecule has 21 heavy (non-hydrogen) atoms. The maximum absolute atomic E-state index is 10.4. The average Bonchev–Trinajstić information content (AvgIpc) is 2.36. The van der Waals surface area contributed by atoms with E-state index in [2.05, 4.69) is 0 Å². The summed E-state index contributed by atoms with van der Waals surface area (Å²) >= 11 is 15.4. The predicted molar refractivity (Wildman–Crippen MR) is 83.8 cm³/mol. The second-order valence-corrected chi connectivity index (χ2v) is 5.89. The smallest absolute Gasteiger partial charge is 0.269 e. The first-order chi connectivity index (χ1) is 9.54. The Kier molecular flexibility index (Phi) is 8.17. The lowest BCUT2D eigenvalue weighted by atomic mass is 10.2. The van der Waals surface area contributed by atoms with Gasteiger partial charge in [-0.3, -0.25) is 19.7 Å². The third kappa shape index (κ3) is 9.18. The number of carbonyl (C=O) groups excluding carboxylic acids is 2. The van der Waals surface area contributed by atoms with Gasteiger partial charge >= 0.3 is 0 Å². The summed E-state index contributed by atoms with van der Waals surface area (Å²) in [7, 11) is 0. The molecule has 0 aliphatic rings. The van der Waals surface area contributed by atoms with E-state index < -0.39 is 20.3 Å². The van der Waals surface area contributed by atoms with Crippen molar-refractivity contribution in [1.29, 1.82) is 0 Å². The van der Waals surface area contributed by atoms with Crippen molar-refractivity contribution in [3.63, 3.8) is 0 Å². The number of non-ortho nitro benzene ring substituents is 1. The molecule has 0 N–H and O–H groups in total. The van der Waals surface area contributed by atoms with E-state index in [0.717, 1.165) is 0 Å². The largest absolute Gasteiger partial charge is 0.279 e. The van der Waals surface area contributed by atoms with Crippen LogP contribution < -0.4 is 0 Å². The molecule has 114 valence electrons. The number of hydrogen-bond acceptors (Lipinski definition) is 4. The summed E-state index contributed by atoms with van der Waals surface area (Å²) in [5.41, 5.74) is 0.698. The van der Waals surface area contributed by atoms with Gasteiger partial charge in [0.15, 0.2) is 0 Å². The Morgan fingerprint density at radius 3 is 1.90 bits per heavy atom. The van der Waals surface area contributed by atoms with Crippen molar-refractivity contribution in [3.05, 3.63) is 46.0 Å². The van der Waals surface area contributed by atoms with E-state index in [0.29, 0.717) is 5.56 Å². The van der Waals surface area contributed by atoms with Crippen LogP contribution in [0.5, 0.6) is 0 Å². The van der Waals surface area contributed by atoms with Crippen LogP contribution in [-0.4, -0.2) is 20.3 Å². The fourth-order valence-corrected chi connectivity index (χ4v) is 0.932. The number of nitro groups is 1. The highest BCUT2D eigenvalue weighted by Crippen LogP contribution is 2.15. The first-order valence-electron chi connectivity index (χ1n) is 5.55. The average molecular weight is 353 g/mol. The monoisotopic (exact) mass is 351 g/mol. The number of nitro benzene ring substituents is 1. The number of halogens is 3. The zero-order chi connectivity index (χ0) is 16.6. The van der Waals surface area contributed by atoms with Gasteiger partial charge in [-0.2, -0.15) is 0 Å². The lowest BCUT2D eigenvalue weighted by Gasteiger charge is -2.05. The maximum Gasteiger partial charge on any atom is 0.269 e. The summed E-state index contributed by atoms with van der Waals surface area (Å²) in [5.74, 6) is 0. The Morgan fingerprint density at radius 1 is 1.19 bits per heavy atom. The molecule has 0 aromatic heterocycles. The lowest BCUT2D eigenvalue weighted by Crippen LogP contribution is -2.18. The Bertz CT molecular complexity index is 548. The van der Waals surface area contributed by atoms with Crippen molar-refractivity contribution in [2.45, 2.75) is 18.7 Å². The van der Waals surface area contributed by atoms with E-state index in [1.165, 1.54) is 36.4 Å². The number of alkyl halides is 1. The molecule has 0 radical (unpaired) electrons. The van der Waals surface area contributed by atoms with Gasteiger partial charge in [0, 0.05) is 12.1 Å². The fraction of sp³-hybridized carbons (Fsp3) is 0.231. The molecule has 0 saturated heterocycles. The van der Waals surface area contributed by atoms with Gasteiger partial charge in [0.25, 0.3) is 5.69 Å².